The van der Waals surface area contributed by atoms with Crippen molar-refractivity contribution in [1.29, 1.82) is 0 Å². The summed E-state index contributed by atoms with van der Waals surface area (Å²) in [4.78, 5) is 13.1. The summed E-state index contributed by atoms with van der Waals surface area (Å²) >= 11 is 0. The molecule has 0 aromatic heterocycles. The normalized spacial score (nSPS) is 9.79. The van der Waals surface area contributed by atoms with Crippen molar-refractivity contribution in [3.05, 3.63) is 37.6 Å². The van der Waals surface area contributed by atoms with Gasteiger partial charge in [0.15, 0.2) is 0 Å². The van der Waals surface area contributed by atoms with E-state index in [1.165, 1.54) is 0 Å². The quantitative estimate of drug-likeness (QED) is 0.646. The minimum Gasteiger partial charge on any atom is -0.317 e. The zero-order chi connectivity index (χ0) is 10.8. The maximum absolute atomic E-state index is 11.5. The fraction of sp³-hybridized carbons (Fsp3) is 0.364. The molecule has 2 amide bonds. The summed E-state index contributed by atoms with van der Waals surface area (Å²) in [6, 6.07) is -0.130. The Morgan fingerprint density at radius 3 is 2.36 bits per heavy atom. The average Bonchev–Trinajstić information content (AvgIpc) is 2.18. The molecule has 0 aliphatic heterocycles. The highest BCUT2D eigenvalue weighted by atomic mass is 16.2. The molecule has 0 spiro atoms. The maximum atomic E-state index is 11.5. The van der Waals surface area contributed by atoms with E-state index in [2.05, 4.69) is 18.5 Å². The summed E-state index contributed by atoms with van der Waals surface area (Å²) in [5.74, 6) is 0. The van der Waals surface area contributed by atoms with Crippen molar-refractivity contribution in [3.8, 4) is 0 Å². The van der Waals surface area contributed by atoms with Crippen molar-refractivity contribution in [2.24, 2.45) is 0 Å². The van der Waals surface area contributed by atoms with E-state index in [1.54, 1.807) is 23.3 Å². The Morgan fingerprint density at radius 1 is 1.36 bits per heavy atom. The largest absolute Gasteiger partial charge is 0.321 e. The third-order valence-electron chi connectivity index (χ3n) is 1.55. The van der Waals surface area contributed by atoms with Crippen molar-refractivity contribution < 1.29 is 4.79 Å². The Balaban J connectivity index is 4.06. The van der Waals surface area contributed by atoms with Gasteiger partial charge in [-0.15, -0.1) is 13.2 Å². The molecule has 1 N–H and O–H groups in total. The standard InChI is InChI=1S/C11H18N2O/c1-4-7-8-12-11(14)13(9-5-2)10-6-3/h5-8H,2-4,9-10H2,1H3,(H,12,14)/b8-7+. The molecule has 0 aliphatic rings. The Bertz CT molecular complexity index is 211. The minimum atomic E-state index is -0.130. The third-order valence-corrected chi connectivity index (χ3v) is 1.55. The molecule has 78 valence electrons. The number of hydrogen-bond donors (Lipinski definition) is 1. The van der Waals surface area contributed by atoms with Gasteiger partial charge in [0.2, 0.25) is 0 Å². The van der Waals surface area contributed by atoms with Crippen LogP contribution in [-0.2, 0) is 0 Å². The molecule has 3 nitrogen and oxygen atoms in total. The summed E-state index contributed by atoms with van der Waals surface area (Å²) in [6.07, 6.45) is 7.82. The van der Waals surface area contributed by atoms with Crippen LogP contribution in [0.2, 0.25) is 0 Å². The van der Waals surface area contributed by atoms with Gasteiger partial charge in [-0.05, 0) is 6.42 Å². The van der Waals surface area contributed by atoms with Gasteiger partial charge < -0.3 is 10.2 Å². The lowest BCUT2D eigenvalue weighted by molar-refractivity contribution is 0.212. The van der Waals surface area contributed by atoms with E-state index in [0.29, 0.717) is 13.1 Å². The molecule has 0 aromatic rings. The highest BCUT2D eigenvalue weighted by Crippen LogP contribution is 1.90. The van der Waals surface area contributed by atoms with Gasteiger partial charge in [-0.25, -0.2) is 4.79 Å². The third kappa shape index (κ3) is 5.19. The number of urea groups is 1. The SMILES string of the molecule is C=CCN(CC=C)C(=O)N/C=C/CC. The molecule has 0 rings (SSSR count). The Kier molecular flexibility index (Phi) is 7.23. The Hall–Kier alpha value is -1.51. The van der Waals surface area contributed by atoms with Crippen LogP contribution in [0, 0.1) is 0 Å². The second-order valence-electron chi connectivity index (χ2n) is 2.74. The van der Waals surface area contributed by atoms with Gasteiger partial charge in [0, 0.05) is 19.3 Å². The summed E-state index contributed by atoms with van der Waals surface area (Å²) < 4.78 is 0. The van der Waals surface area contributed by atoms with Gasteiger partial charge in [0.25, 0.3) is 0 Å². The number of amides is 2. The van der Waals surface area contributed by atoms with E-state index < -0.39 is 0 Å². The second kappa shape index (κ2) is 8.10. The maximum Gasteiger partial charge on any atom is 0.321 e. The summed E-state index contributed by atoms with van der Waals surface area (Å²) in [7, 11) is 0. The van der Waals surface area contributed by atoms with Gasteiger partial charge in [0.05, 0.1) is 0 Å². The molecule has 0 unspecified atom stereocenters. The highest BCUT2D eigenvalue weighted by molar-refractivity contribution is 5.75. The topological polar surface area (TPSA) is 32.3 Å². The zero-order valence-electron chi connectivity index (χ0n) is 8.70. The second-order valence-corrected chi connectivity index (χ2v) is 2.74. The molecule has 0 fully saturated rings. The van der Waals surface area contributed by atoms with E-state index in [9.17, 15) is 4.79 Å². The number of carbonyl (C=O) groups excluding carboxylic acids is 1. The first kappa shape index (κ1) is 12.5. The molecule has 14 heavy (non-hydrogen) atoms. The van der Waals surface area contributed by atoms with Gasteiger partial charge in [-0.1, -0.05) is 25.2 Å². The molecule has 0 bridgehead atoms. The van der Waals surface area contributed by atoms with Crippen LogP contribution in [0.25, 0.3) is 0 Å². The predicted molar refractivity (Wildman–Crippen MR) is 59.9 cm³/mol. The van der Waals surface area contributed by atoms with Gasteiger partial charge in [-0.2, -0.15) is 0 Å². The first-order valence-electron chi connectivity index (χ1n) is 4.68. The fourth-order valence-corrected chi connectivity index (χ4v) is 0.891. The monoisotopic (exact) mass is 194 g/mol. The van der Waals surface area contributed by atoms with Crippen LogP contribution in [0.3, 0.4) is 0 Å². The molecule has 0 aromatic carbocycles. The van der Waals surface area contributed by atoms with E-state index in [0.717, 1.165) is 6.42 Å². The van der Waals surface area contributed by atoms with Crippen molar-refractivity contribution >= 4 is 6.03 Å². The van der Waals surface area contributed by atoms with Crippen LogP contribution in [0.5, 0.6) is 0 Å². The molecule has 0 atom stereocenters. The lowest BCUT2D eigenvalue weighted by Crippen LogP contribution is -2.37. The predicted octanol–water partition coefficient (Wildman–Crippen LogP) is 2.29. The molecule has 0 saturated carbocycles. The van der Waals surface area contributed by atoms with E-state index in [-0.39, 0.29) is 6.03 Å². The number of nitrogens with zero attached hydrogens (tertiary/aromatic N) is 1. The molecular weight excluding hydrogens is 176 g/mol. The van der Waals surface area contributed by atoms with Gasteiger partial charge >= 0.3 is 6.03 Å². The summed E-state index contributed by atoms with van der Waals surface area (Å²) in [5, 5.41) is 2.66. The fourth-order valence-electron chi connectivity index (χ4n) is 0.891. The first-order valence-corrected chi connectivity index (χ1v) is 4.68. The van der Waals surface area contributed by atoms with Crippen LogP contribution in [-0.4, -0.2) is 24.0 Å². The van der Waals surface area contributed by atoms with Crippen LogP contribution in [0.15, 0.2) is 37.6 Å². The molecule has 0 heterocycles. The molecule has 0 radical (unpaired) electrons. The van der Waals surface area contributed by atoms with Crippen LogP contribution < -0.4 is 5.32 Å². The molecule has 3 heteroatoms. The summed E-state index contributed by atoms with van der Waals surface area (Å²) in [6.45, 7) is 10.2. The number of carbonyl (C=O) groups is 1. The number of rotatable bonds is 6. The smallest absolute Gasteiger partial charge is 0.317 e. The minimum absolute atomic E-state index is 0.130. The summed E-state index contributed by atoms with van der Waals surface area (Å²) in [5.41, 5.74) is 0. The van der Waals surface area contributed by atoms with E-state index >= 15 is 0 Å². The number of hydrogen-bond acceptors (Lipinski definition) is 1. The van der Waals surface area contributed by atoms with Crippen molar-refractivity contribution in [3.63, 3.8) is 0 Å². The zero-order valence-corrected chi connectivity index (χ0v) is 8.70. The van der Waals surface area contributed by atoms with Crippen molar-refractivity contribution in [1.82, 2.24) is 10.2 Å². The van der Waals surface area contributed by atoms with Crippen molar-refractivity contribution in [2.45, 2.75) is 13.3 Å². The first-order chi connectivity index (χ1) is 6.76. The van der Waals surface area contributed by atoms with Crippen LogP contribution >= 0.6 is 0 Å². The number of allylic oxidation sites excluding steroid dienone is 1. The molecule has 0 aliphatic carbocycles. The average molecular weight is 194 g/mol. The van der Waals surface area contributed by atoms with Crippen molar-refractivity contribution in [2.75, 3.05) is 13.1 Å². The van der Waals surface area contributed by atoms with Crippen LogP contribution in [0.1, 0.15) is 13.3 Å². The lowest BCUT2D eigenvalue weighted by atomic mass is 10.4. The van der Waals surface area contributed by atoms with E-state index in [4.69, 9.17) is 0 Å². The Morgan fingerprint density at radius 2 is 1.93 bits per heavy atom. The van der Waals surface area contributed by atoms with Gasteiger partial charge in [-0.3, -0.25) is 0 Å². The van der Waals surface area contributed by atoms with Crippen LogP contribution in [0.4, 0.5) is 4.79 Å². The number of nitrogens with one attached hydrogen (secondary N) is 1. The molecular formula is C11H18N2O. The van der Waals surface area contributed by atoms with Gasteiger partial charge in [0.1, 0.15) is 0 Å². The lowest BCUT2D eigenvalue weighted by Gasteiger charge is -2.18. The molecule has 0 saturated heterocycles. The highest BCUT2D eigenvalue weighted by Gasteiger charge is 2.07. The Labute approximate surface area is 85.8 Å². The van der Waals surface area contributed by atoms with E-state index in [1.807, 2.05) is 13.0 Å².